The predicted octanol–water partition coefficient (Wildman–Crippen LogP) is 2.46. The Morgan fingerprint density at radius 2 is 2.06 bits per heavy atom. The van der Waals surface area contributed by atoms with E-state index in [2.05, 4.69) is 0 Å². The molecule has 0 saturated carbocycles. The van der Waals surface area contributed by atoms with Gasteiger partial charge in [-0.3, -0.25) is 0 Å². The van der Waals surface area contributed by atoms with Crippen molar-refractivity contribution in [3.05, 3.63) is 48.0 Å². The van der Waals surface area contributed by atoms with Crippen LogP contribution in [-0.2, 0) is 16.1 Å². The van der Waals surface area contributed by atoms with Gasteiger partial charge in [0.05, 0.1) is 13.2 Å². The fourth-order valence-electron chi connectivity index (χ4n) is 1.58. The van der Waals surface area contributed by atoms with Crippen LogP contribution in [0, 0.1) is 0 Å². The third kappa shape index (κ3) is 6.99. The zero-order valence-electron chi connectivity index (χ0n) is 10.6. The van der Waals surface area contributed by atoms with Crippen molar-refractivity contribution < 1.29 is 9.53 Å². The van der Waals surface area contributed by atoms with E-state index in [0.29, 0.717) is 19.6 Å². The van der Waals surface area contributed by atoms with E-state index in [-0.39, 0.29) is 6.04 Å². The van der Waals surface area contributed by atoms with E-state index in [0.717, 1.165) is 19.1 Å². The van der Waals surface area contributed by atoms with Gasteiger partial charge >= 0.3 is 0 Å². The average Bonchev–Trinajstić information content (AvgIpc) is 2.40. The van der Waals surface area contributed by atoms with Crippen molar-refractivity contribution in [2.45, 2.75) is 31.9 Å². The normalized spacial score (nSPS) is 12.7. The molecular weight excluding hydrogens is 226 g/mol. The third-order valence-electron chi connectivity index (χ3n) is 2.57. The van der Waals surface area contributed by atoms with Crippen LogP contribution in [0.1, 0.15) is 24.8 Å². The Morgan fingerprint density at radius 3 is 2.78 bits per heavy atom. The minimum Gasteiger partial charge on any atom is -0.373 e. The number of carbonyl (C=O) groups excluding carboxylic acids is 1. The Balaban J connectivity index is 2.08. The Bertz CT molecular complexity index is 349. The Kier molecular flexibility index (Phi) is 7.77. The average molecular weight is 247 g/mol. The second-order valence-electron chi connectivity index (χ2n) is 4.19. The van der Waals surface area contributed by atoms with Gasteiger partial charge < -0.3 is 15.3 Å². The van der Waals surface area contributed by atoms with Crippen molar-refractivity contribution in [2.75, 3.05) is 6.61 Å². The Hall–Kier alpha value is -1.45. The minimum absolute atomic E-state index is 0.0188. The molecule has 0 saturated heterocycles. The number of aldehydes is 1. The number of ether oxygens (including phenoxy) is 1. The first-order valence-electron chi connectivity index (χ1n) is 6.30. The van der Waals surface area contributed by atoms with Gasteiger partial charge in [0.25, 0.3) is 0 Å². The first-order valence-corrected chi connectivity index (χ1v) is 6.30. The van der Waals surface area contributed by atoms with Crippen molar-refractivity contribution in [1.29, 1.82) is 0 Å². The minimum atomic E-state index is 0.0188. The van der Waals surface area contributed by atoms with Crippen LogP contribution in [0.5, 0.6) is 0 Å². The number of carbonyl (C=O) groups is 1. The molecule has 0 fully saturated rings. The molecule has 0 aromatic heterocycles. The maximum atomic E-state index is 10.1. The fourth-order valence-corrected chi connectivity index (χ4v) is 1.58. The van der Waals surface area contributed by atoms with Crippen LogP contribution in [0.25, 0.3) is 0 Å². The van der Waals surface area contributed by atoms with Gasteiger partial charge in [0.15, 0.2) is 0 Å². The van der Waals surface area contributed by atoms with Crippen molar-refractivity contribution in [1.82, 2.24) is 0 Å². The molecule has 2 N–H and O–H groups in total. The maximum Gasteiger partial charge on any atom is 0.119 e. The molecule has 18 heavy (non-hydrogen) atoms. The van der Waals surface area contributed by atoms with E-state index in [1.165, 1.54) is 5.56 Å². The van der Waals surface area contributed by atoms with Crippen LogP contribution in [-0.4, -0.2) is 18.9 Å². The molecule has 0 spiro atoms. The van der Waals surface area contributed by atoms with Crippen LogP contribution >= 0.6 is 0 Å². The molecule has 0 unspecified atom stereocenters. The summed E-state index contributed by atoms with van der Waals surface area (Å²) in [5.41, 5.74) is 7.02. The second-order valence-corrected chi connectivity index (χ2v) is 4.19. The topological polar surface area (TPSA) is 52.3 Å². The lowest BCUT2D eigenvalue weighted by Gasteiger charge is -2.04. The molecule has 98 valence electrons. The summed E-state index contributed by atoms with van der Waals surface area (Å²) in [5.74, 6) is 0. The van der Waals surface area contributed by atoms with Gasteiger partial charge in [-0.15, -0.1) is 0 Å². The largest absolute Gasteiger partial charge is 0.373 e. The highest BCUT2D eigenvalue weighted by Gasteiger charge is 1.96. The number of hydrogen-bond donors (Lipinski definition) is 1. The van der Waals surface area contributed by atoms with E-state index in [4.69, 9.17) is 10.5 Å². The quantitative estimate of drug-likeness (QED) is 0.414. The van der Waals surface area contributed by atoms with Gasteiger partial charge in [-0.2, -0.15) is 0 Å². The lowest BCUT2D eigenvalue weighted by Crippen LogP contribution is -2.16. The predicted molar refractivity (Wildman–Crippen MR) is 73.1 cm³/mol. The molecular formula is C15H21NO2. The summed E-state index contributed by atoms with van der Waals surface area (Å²) >= 11 is 0. The van der Waals surface area contributed by atoms with Crippen molar-refractivity contribution in [3.63, 3.8) is 0 Å². The molecule has 0 aliphatic rings. The molecule has 1 aromatic carbocycles. The second kappa shape index (κ2) is 9.57. The summed E-state index contributed by atoms with van der Waals surface area (Å²) in [5, 5.41) is 0. The standard InChI is InChI=1S/C15H21NO2/c16-15(9-4-5-11-17)10-6-12-18-13-14-7-2-1-3-8-14/h1-3,6-8,10-11,15H,4-5,9,12-13,16H2/b10-6+/t15-/m0/s1. The van der Waals surface area contributed by atoms with Crippen molar-refractivity contribution in [2.24, 2.45) is 5.73 Å². The van der Waals surface area contributed by atoms with Gasteiger partial charge in [-0.1, -0.05) is 42.5 Å². The van der Waals surface area contributed by atoms with Crippen LogP contribution < -0.4 is 5.73 Å². The number of rotatable bonds is 9. The molecule has 1 rings (SSSR count). The highest BCUT2D eigenvalue weighted by molar-refractivity contribution is 5.48. The zero-order chi connectivity index (χ0) is 13.1. The van der Waals surface area contributed by atoms with E-state index < -0.39 is 0 Å². The van der Waals surface area contributed by atoms with E-state index in [1.807, 2.05) is 42.5 Å². The molecule has 1 atom stereocenters. The van der Waals surface area contributed by atoms with Gasteiger partial charge in [-0.05, 0) is 18.4 Å². The van der Waals surface area contributed by atoms with Gasteiger partial charge in [0, 0.05) is 12.5 Å². The molecule has 0 aliphatic carbocycles. The zero-order valence-corrected chi connectivity index (χ0v) is 10.6. The summed E-state index contributed by atoms with van der Waals surface area (Å²) in [6.07, 6.45) is 7.09. The summed E-state index contributed by atoms with van der Waals surface area (Å²) in [6, 6.07) is 10.1. The molecule has 3 heteroatoms. The Morgan fingerprint density at radius 1 is 1.28 bits per heavy atom. The Labute approximate surface area is 109 Å². The lowest BCUT2D eigenvalue weighted by molar-refractivity contribution is -0.107. The van der Waals surface area contributed by atoms with E-state index in [9.17, 15) is 4.79 Å². The highest BCUT2D eigenvalue weighted by atomic mass is 16.5. The first kappa shape index (κ1) is 14.6. The summed E-state index contributed by atoms with van der Waals surface area (Å²) in [6.45, 7) is 1.18. The molecule has 0 bridgehead atoms. The monoisotopic (exact) mass is 247 g/mol. The summed E-state index contributed by atoms with van der Waals surface area (Å²) < 4.78 is 5.50. The number of benzene rings is 1. The SMILES string of the molecule is N[C@H](/C=C/COCc1ccccc1)CCCC=O. The van der Waals surface area contributed by atoms with Crippen molar-refractivity contribution >= 4 is 6.29 Å². The van der Waals surface area contributed by atoms with Gasteiger partial charge in [-0.25, -0.2) is 0 Å². The molecule has 1 aromatic rings. The van der Waals surface area contributed by atoms with Crippen LogP contribution in [0.4, 0.5) is 0 Å². The molecule has 0 aliphatic heterocycles. The smallest absolute Gasteiger partial charge is 0.119 e. The molecule has 0 amide bonds. The van der Waals surface area contributed by atoms with E-state index >= 15 is 0 Å². The lowest BCUT2D eigenvalue weighted by atomic mass is 10.1. The van der Waals surface area contributed by atoms with Gasteiger partial charge in [0.1, 0.15) is 6.29 Å². The first-order chi connectivity index (χ1) is 8.83. The highest BCUT2D eigenvalue weighted by Crippen LogP contribution is 2.01. The summed E-state index contributed by atoms with van der Waals surface area (Å²) in [7, 11) is 0. The van der Waals surface area contributed by atoms with Crippen LogP contribution in [0.3, 0.4) is 0 Å². The fraction of sp³-hybridized carbons (Fsp3) is 0.400. The van der Waals surface area contributed by atoms with Crippen LogP contribution in [0.15, 0.2) is 42.5 Å². The number of hydrogen-bond acceptors (Lipinski definition) is 3. The number of unbranched alkanes of at least 4 members (excludes halogenated alkanes) is 1. The molecule has 0 heterocycles. The number of nitrogens with two attached hydrogens (primary N) is 1. The van der Waals surface area contributed by atoms with Crippen LogP contribution in [0.2, 0.25) is 0 Å². The maximum absolute atomic E-state index is 10.1. The van der Waals surface area contributed by atoms with Gasteiger partial charge in [0.2, 0.25) is 0 Å². The third-order valence-corrected chi connectivity index (χ3v) is 2.57. The summed E-state index contributed by atoms with van der Waals surface area (Å²) in [4.78, 5) is 10.1. The van der Waals surface area contributed by atoms with Crippen molar-refractivity contribution in [3.8, 4) is 0 Å². The molecule has 0 radical (unpaired) electrons. The molecule has 3 nitrogen and oxygen atoms in total. The van der Waals surface area contributed by atoms with E-state index in [1.54, 1.807) is 0 Å².